The van der Waals surface area contributed by atoms with Gasteiger partial charge in [-0.05, 0) is 26.2 Å². The summed E-state index contributed by atoms with van der Waals surface area (Å²) >= 11 is 0. The van der Waals surface area contributed by atoms with Gasteiger partial charge in [-0.15, -0.1) is 0 Å². The Hall–Kier alpha value is -2.08. The van der Waals surface area contributed by atoms with Gasteiger partial charge in [0.1, 0.15) is 12.7 Å². The van der Waals surface area contributed by atoms with Gasteiger partial charge in [-0.2, -0.15) is 17.2 Å². The molecule has 0 spiro atoms. The SMILES string of the molecule is CCC(C)C(=O)OCC(C)OC(=O)C1CC=CCC1C(=O)OCC(F)(F)S(=O)(=O)O. The average Bonchev–Trinajstić information content (AvgIpc) is 2.68. The van der Waals surface area contributed by atoms with Crippen LogP contribution in [0.1, 0.15) is 40.0 Å². The number of hydrogen-bond acceptors (Lipinski definition) is 8. The summed E-state index contributed by atoms with van der Waals surface area (Å²) in [6.45, 7) is 2.93. The Bertz CT molecular complexity index is 764. The summed E-state index contributed by atoms with van der Waals surface area (Å²) in [5.74, 6) is -5.00. The van der Waals surface area contributed by atoms with Gasteiger partial charge in [-0.25, -0.2) is 0 Å². The number of halogens is 2. The third kappa shape index (κ3) is 7.31. The van der Waals surface area contributed by atoms with Crippen LogP contribution in [0.4, 0.5) is 8.78 Å². The second-order valence-electron chi connectivity index (χ2n) is 7.06. The van der Waals surface area contributed by atoms with E-state index < -0.39 is 57.8 Å². The highest BCUT2D eigenvalue weighted by Gasteiger charge is 2.47. The molecule has 172 valence electrons. The Morgan fingerprint density at radius 3 is 2.13 bits per heavy atom. The van der Waals surface area contributed by atoms with Crippen LogP contribution >= 0.6 is 0 Å². The molecule has 1 rings (SSSR count). The average molecular weight is 456 g/mol. The first kappa shape index (κ1) is 26.0. The number of alkyl halides is 2. The van der Waals surface area contributed by atoms with Crippen LogP contribution < -0.4 is 0 Å². The molecule has 1 aliphatic carbocycles. The van der Waals surface area contributed by atoms with Crippen LogP contribution in [0.15, 0.2) is 12.2 Å². The molecule has 12 heteroatoms. The standard InChI is InChI=1S/C18H26F2O9S/c1-4-11(2)15(21)27-9-12(3)29-17(23)14-8-6-5-7-13(14)16(22)28-10-18(19,20)30(24,25)26/h5-6,11-14H,4,7-10H2,1-3H3,(H,24,25,26). The number of rotatable bonds is 10. The fourth-order valence-electron chi connectivity index (χ4n) is 2.50. The van der Waals surface area contributed by atoms with Crippen molar-refractivity contribution in [2.75, 3.05) is 13.2 Å². The smallest absolute Gasteiger partial charge is 0.402 e. The molecule has 4 unspecified atom stereocenters. The van der Waals surface area contributed by atoms with Crippen molar-refractivity contribution in [3.05, 3.63) is 12.2 Å². The summed E-state index contributed by atoms with van der Waals surface area (Å²) in [5, 5.41) is -4.67. The van der Waals surface area contributed by atoms with Crippen molar-refractivity contribution in [1.82, 2.24) is 0 Å². The van der Waals surface area contributed by atoms with Crippen molar-refractivity contribution in [3.8, 4) is 0 Å². The lowest BCUT2D eigenvalue weighted by Crippen LogP contribution is -2.39. The van der Waals surface area contributed by atoms with Gasteiger partial charge < -0.3 is 14.2 Å². The molecule has 0 amide bonds. The molecule has 0 aromatic rings. The Balaban J connectivity index is 2.68. The molecule has 30 heavy (non-hydrogen) atoms. The van der Waals surface area contributed by atoms with Crippen molar-refractivity contribution < 1.29 is 50.3 Å². The molecule has 0 bridgehead atoms. The molecule has 9 nitrogen and oxygen atoms in total. The summed E-state index contributed by atoms with van der Waals surface area (Å²) in [4.78, 5) is 36.3. The van der Waals surface area contributed by atoms with Gasteiger partial charge in [-0.3, -0.25) is 18.9 Å². The van der Waals surface area contributed by atoms with Crippen LogP contribution in [-0.2, 0) is 38.7 Å². The monoisotopic (exact) mass is 456 g/mol. The van der Waals surface area contributed by atoms with Crippen molar-refractivity contribution in [2.45, 2.75) is 51.4 Å². The Kier molecular flexibility index (Phi) is 9.35. The van der Waals surface area contributed by atoms with Gasteiger partial charge >= 0.3 is 33.3 Å². The molecule has 1 N–H and O–H groups in total. The third-order valence-corrected chi connectivity index (χ3v) is 5.46. The van der Waals surface area contributed by atoms with Crippen LogP contribution in [-0.4, -0.2) is 55.5 Å². The molecule has 4 atom stereocenters. The Morgan fingerprint density at radius 1 is 1.10 bits per heavy atom. The quantitative estimate of drug-likeness (QED) is 0.227. The summed E-state index contributed by atoms with van der Waals surface area (Å²) in [7, 11) is -5.75. The van der Waals surface area contributed by atoms with E-state index in [0.717, 1.165) is 0 Å². The molecule has 0 aromatic carbocycles. The minimum atomic E-state index is -5.75. The maximum Gasteiger partial charge on any atom is 0.402 e. The first-order valence-electron chi connectivity index (χ1n) is 9.33. The normalized spacial score (nSPS) is 21.4. The maximum absolute atomic E-state index is 13.3. The van der Waals surface area contributed by atoms with Gasteiger partial charge in [0.15, 0.2) is 6.61 Å². The third-order valence-electron chi connectivity index (χ3n) is 4.59. The number of esters is 3. The second kappa shape index (κ2) is 10.8. The lowest BCUT2D eigenvalue weighted by atomic mass is 9.83. The van der Waals surface area contributed by atoms with E-state index in [0.29, 0.717) is 6.42 Å². The molecular formula is C18H26F2O9S. The maximum atomic E-state index is 13.3. The number of allylic oxidation sites excluding steroid dienone is 2. The molecule has 0 aliphatic heterocycles. The van der Waals surface area contributed by atoms with Gasteiger partial charge in [0.2, 0.25) is 0 Å². The molecule has 1 aliphatic rings. The van der Waals surface area contributed by atoms with Crippen molar-refractivity contribution >= 4 is 28.0 Å². The van der Waals surface area contributed by atoms with Crippen LogP contribution in [0, 0.1) is 17.8 Å². The second-order valence-corrected chi connectivity index (χ2v) is 8.61. The molecule has 0 heterocycles. The van der Waals surface area contributed by atoms with Crippen LogP contribution in [0.5, 0.6) is 0 Å². The van der Waals surface area contributed by atoms with E-state index in [-0.39, 0.29) is 25.4 Å². The Morgan fingerprint density at radius 2 is 1.63 bits per heavy atom. The van der Waals surface area contributed by atoms with E-state index in [1.807, 2.05) is 6.92 Å². The Labute approximate surface area is 173 Å². The summed E-state index contributed by atoms with van der Waals surface area (Å²) < 4.78 is 70.7. The van der Waals surface area contributed by atoms with Gasteiger partial charge in [0.05, 0.1) is 17.8 Å². The number of ether oxygens (including phenoxy) is 3. The van der Waals surface area contributed by atoms with Crippen LogP contribution in [0.3, 0.4) is 0 Å². The van der Waals surface area contributed by atoms with E-state index >= 15 is 0 Å². The highest BCUT2D eigenvalue weighted by Crippen LogP contribution is 2.29. The van der Waals surface area contributed by atoms with Crippen LogP contribution in [0.2, 0.25) is 0 Å². The zero-order chi connectivity index (χ0) is 23.1. The first-order chi connectivity index (χ1) is 13.8. The zero-order valence-corrected chi connectivity index (χ0v) is 17.7. The predicted molar refractivity (Wildman–Crippen MR) is 98.8 cm³/mol. The van der Waals surface area contributed by atoms with Crippen molar-refractivity contribution in [1.29, 1.82) is 0 Å². The molecule has 0 saturated carbocycles. The largest absolute Gasteiger partial charge is 0.462 e. The van der Waals surface area contributed by atoms with Gasteiger partial charge in [0, 0.05) is 0 Å². The molecule has 0 saturated heterocycles. The predicted octanol–water partition coefficient (Wildman–Crippen LogP) is 2.11. The molecule has 0 radical (unpaired) electrons. The van der Waals surface area contributed by atoms with E-state index in [4.69, 9.17) is 14.0 Å². The molecular weight excluding hydrogens is 430 g/mol. The van der Waals surface area contributed by atoms with E-state index in [9.17, 15) is 31.6 Å². The van der Waals surface area contributed by atoms with Crippen LogP contribution in [0.25, 0.3) is 0 Å². The fourth-order valence-corrected chi connectivity index (χ4v) is 2.71. The fraction of sp³-hybridized carbons (Fsp3) is 0.722. The lowest BCUT2D eigenvalue weighted by Gasteiger charge is -2.27. The highest BCUT2D eigenvalue weighted by molar-refractivity contribution is 7.86. The summed E-state index contributed by atoms with van der Waals surface area (Å²) in [6.07, 6.45) is 3.00. The van der Waals surface area contributed by atoms with Gasteiger partial charge in [0.25, 0.3) is 0 Å². The van der Waals surface area contributed by atoms with E-state index in [1.165, 1.54) is 6.92 Å². The number of hydrogen-bond donors (Lipinski definition) is 1. The van der Waals surface area contributed by atoms with Crippen molar-refractivity contribution in [2.24, 2.45) is 17.8 Å². The zero-order valence-electron chi connectivity index (χ0n) is 16.9. The minimum absolute atomic E-state index is 0.00652. The van der Waals surface area contributed by atoms with E-state index in [1.54, 1.807) is 19.1 Å². The molecule has 0 aromatic heterocycles. The van der Waals surface area contributed by atoms with Crippen molar-refractivity contribution in [3.63, 3.8) is 0 Å². The minimum Gasteiger partial charge on any atom is -0.462 e. The number of carbonyl (C=O) groups is 3. The van der Waals surface area contributed by atoms with Gasteiger partial charge in [-0.1, -0.05) is 26.0 Å². The molecule has 0 fully saturated rings. The lowest BCUT2D eigenvalue weighted by molar-refractivity contribution is -0.169. The summed E-state index contributed by atoms with van der Waals surface area (Å²) in [6, 6.07) is 0. The highest BCUT2D eigenvalue weighted by atomic mass is 32.2. The topological polar surface area (TPSA) is 133 Å². The summed E-state index contributed by atoms with van der Waals surface area (Å²) in [5.41, 5.74) is 0. The first-order valence-corrected chi connectivity index (χ1v) is 10.8. The number of carbonyl (C=O) groups excluding carboxylic acids is 3. The van der Waals surface area contributed by atoms with E-state index in [2.05, 4.69) is 4.74 Å².